The van der Waals surface area contributed by atoms with E-state index in [9.17, 15) is 15.2 Å². The van der Waals surface area contributed by atoms with Gasteiger partial charge in [-0.05, 0) is 30.3 Å². The lowest BCUT2D eigenvalue weighted by atomic mass is 10.2. The van der Waals surface area contributed by atoms with Crippen LogP contribution < -0.4 is 0 Å². The van der Waals surface area contributed by atoms with Gasteiger partial charge in [-0.25, -0.2) is 0 Å². The second-order valence-corrected chi connectivity index (χ2v) is 4.70. The van der Waals surface area contributed by atoms with Crippen LogP contribution in [0.1, 0.15) is 5.56 Å². The highest BCUT2D eigenvalue weighted by Gasteiger charge is 2.12. The van der Waals surface area contributed by atoms with E-state index in [4.69, 9.17) is 23.2 Å². The van der Waals surface area contributed by atoms with Gasteiger partial charge >= 0.3 is 0 Å². The number of rotatable bonds is 3. The zero-order valence-corrected chi connectivity index (χ0v) is 11.5. The molecule has 0 aromatic heterocycles. The average Bonchev–Trinajstić information content (AvgIpc) is 2.41. The van der Waals surface area contributed by atoms with Gasteiger partial charge in [-0.2, -0.15) is 0 Å². The molecule has 1 N–H and O–H groups in total. The minimum absolute atomic E-state index is 0.0154. The molecule has 0 amide bonds. The van der Waals surface area contributed by atoms with Gasteiger partial charge in [-0.3, -0.25) is 15.1 Å². The lowest BCUT2D eigenvalue weighted by molar-refractivity contribution is -0.384. The number of hydrogen-bond donors (Lipinski definition) is 1. The molecule has 0 aliphatic heterocycles. The van der Waals surface area contributed by atoms with Crippen molar-refractivity contribution in [2.24, 2.45) is 4.99 Å². The van der Waals surface area contributed by atoms with Gasteiger partial charge in [0.15, 0.2) is 0 Å². The molecule has 0 saturated carbocycles. The number of nitro benzene ring substituents is 1. The van der Waals surface area contributed by atoms with Crippen LogP contribution in [0.2, 0.25) is 10.0 Å². The first kappa shape index (κ1) is 14.3. The fourth-order valence-corrected chi connectivity index (χ4v) is 1.86. The highest BCUT2D eigenvalue weighted by atomic mass is 35.5. The van der Waals surface area contributed by atoms with E-state index in [1.54, 1.807) is 6.07 Å². The number of aromatic hydroxyl groups is 1. The van der Waals surface area contributed by atoms with E-state index in [-0.39, 0.29) is 16.5 Å². The van der Waals surface area contributed by atoms with Crippen molar-refractivity contribution in [3.63, 3.8) is 0 Å². The molecule has 0 aliphatic carbocycles. The molecule has 0 aliphatic rings. The Bertz CT molecular complexity index is 702. The number of halogens is 2. The molecule has 0 saturated heterocycles. The fourth-order valence-electron chi connectivity index (χ4n) is 1.49. The summed E-state index contributed by atoms with van der Waals surface area (Å²) in [7, 11) is 0. The summed E-state index contributed by atoms with van der Waals surface area (Å²) in [5.41, 5.74) is 0.534. The molecular weight excluding hydrogens is 303 g/mol. The molecule has 0 unspecified atom stereocenters. The number of phenols is 1. The Morgan fingerprint density at radius 2 is 1.95 bits per heavy atom. The first-order valence-corrected chi connectivity index (χ1v) is 6.19. The summed E-state index contributed by atoms with van der Waals surface area (Å²) in [5.74, 6) is 0.0154. The van der Waals surface area contributed by atoms with Crippen molar-refractivity contribution < 1.29 is 10.0 Å². The predicted octanol–water partition coefficient (Wildman–Crippen LogP) is 4.36. The molecule has 20 heavy (non-hydrogen) atoms. The maximum absolute atomic E-state index is 10.8. The average molecular weight is 311 g/mol. The molecule has 0 atom stereocenters. The third-order valence-electron chi connectivity index (χ3n) is 2.47. The summed E-state index contributed by atoms with van der Waals surface area (Å²) in [6.45, 7) is 0. The summed E-state index contributed by atoms with van der Waals surface area (Å²) in [6, 6.07) is 8.69. The highest BCUT2D eigenvalue weighted by Crippen LogP contribution is 2.29. The Morgan fingerprint density at radius 1 is 1.20 bits per heavy atom. The predicted molar refractivity (Wildman–Crippen MR) is 78.5 cm³/mol. The zero-order chi connectivity index (χ0) is 14.7. The number of phenolic OH excluding ortho intramolecular Hbond substituents is 1. The van der Waals surface area contributed by atoms with Crippen LogP contribution in [0.15, 0.2) is 41.4 Å². The fraction of sp³-hybridized carbons (Fsp3) is 0. The molecule has 0 radical (unpaired) electrons. The van der Waals surface area contributed by atoms with E-state index in [1.807, 2.05) is 0 Å². The third-order valence-corrected chi connectivity index (χ3v) is 3.02. The normalized spacial score (nSPS) is 10.9. The molecule has 5 nitrogen and oxygen atoms in total. The van der Waals surface area contributed by atoms with E-state index in [0.717, 1.165) is 0 Å². The molecule has 2 aromatic carbocycles. The molecule has 0 fully saturated rings. The van der Waals surface area contributed by atoms with Crippen molar-refractivity contribution in [3.05, 3.63) is 62.1 Å². The summed E-state index contributed by atoms with van der Waals surface area (Å²) >= 11 is 11.5. The first-order valence-electron chi connectivity index (χ1n) is 5.44. The standard InChI is InChI=1S/C13H8Cl2N2O3/c14-9-1-4-13(18)8(5-9)7-16-10-2-3-11(15)12(6-10)17(19)20/h1-7,18H. The Balaban J connectivity index is 2.34. The molecule has 0 bridgehead atoms. The number of nitrogens with zero attached hydrogens (tertiary/aromatic N) is 2. The Hall–Kier alpha value is -2.11. The highest BCUT2D eigenvalue weighted by molar-refractivity contribution is 6.32. The Kier molecular flexibility index (Phi) is 4.22. The molecule has 102 valence electrons. The van der Waals surface area contributed by atoms with Crippen LogP contribution in [0, 0.1) is 10.1 Å². The maximum Gasteiger partial charge on any atom is 0.290 e. The summed E-state index contributed by atoms with van der Waals surface area (Å²) in [4.78, 5) is 14.2. The number of benzene rings is 2. The van der Waals surface area contributed by atoms with E-state index in [0.29, 0.717) is 16.3 Å². The van der Waals surface area contributed by atoms with Crippen LogP contribution >= 0.6 is 23.2 Å². The number of aliphatic imine (C=N–C) groups is 1. The topological polar surface area (TPSA) is 75.7 Å². The van der Waals surface area contributed by atoms with Crippen molar-refractivity contribution in [1.82, 2.24) is 0 Å². The quantitative estimate of drug-likeness (QED) is 0.520. The largest absolute Gasteiger partial charge is 0.507 e. The number of hydrogen-bond acceptors (Lipinski definition) is 4. The molecule has 0 heterocycles. The summed E-state index contributed by atoms with van der Waals surface area (Å²) < 4.78 is 0. The van der Waals surface area contributed by atoms with Crippen molar-refractivity contribution in [2.75, 3.05) is 0 Å². The molecule has 2 aromatic rings. The van der Waals surface area contributed by atoms with Crippen LogP contribution in [0.4, 0.5) is 11.4 Å². The van der Waals surface area contributed by atoms with Crippen molar-refractivity contribution >= 4 is 40.8 Å². The lowest BCUT2D eigenvalue weighted by Gasteiger charge is -2.00. The van der Waals surface area contributed by atoms with Crippen LogP contribution in [0.25, 0.3) is 0 Å². The Labute approximate surface area is 124 Å². The molecule has 0 spiro atoms. The Morgan fingerprint density at radius 3 is 2.65 bits per heavy atom. The van der Waals surface area contributed by atoms with Gasteiger partial charge < -0.3 is 5.11 Å². The van der Waals surface area contributed by atoms with E-state index < -0.39 is 4.92 Å². The maximum atomic E-state index is 10.8. The van der Waals surface area contributed by atoms with Crippen LogP contribution in [-0.4, -0.2) is 16.2 Å². The summed E-state index contributed by atoms with van der Waals surface area (Å²) in [5, 5.41) is 20.9. The van der Waals surface area contributed by atoms with E-state index >= 15 is 0 Å². The van der Waals surface area contributed by atoms with Gasteiger partial charge in [-0.15, -0.1) is 0 Å². The second kappa shape index (κ2) is 5.90. The summed E-state index contributed by atoms with van der Waals surface area (Å²) in [6.07, 6.45) is 1.37. The van der Waals surface area contributed by atoms with Crippen molar-refractivity contribution in [1.29, 1.82) is 0 Å². The van der Waals surface area contributed by atoms with Crippen LogP contribution in [-0.2, 0) is 0 Å². The van der Waals surface area contributed by atoms with E-state index in [2.05, 4.69) is 4.99 Å². The molecular formula is C13H8Cl2N2O3. The van der Waals surface area contributed by atoms with Crippen LogP contribution in [0.5, 0.6) is 5.75 Å². The minimum atomic E-state index is -0.585. The van der Waals surface area contributed by atoms with Crippen molar-refractivity contribution in [3.8, 4) is 5.75 Å². The van der Waals surface area contributed by atoms with Gasteiger partial charge in [0.05, 0.1) is 10.6 Å². The van der Waals surface area contributed by atoms with Gasteiger partial charge in [0, 0.05) is 22.9 Å². The first-order chi connectivity index (χ1) is 9.47. The van der Waals surface area contributed by atoms with Gasteiger partial charge in [0.1, 0.15) is 10.8 Å². The second-order valence-electron chi connectivity index (χ2n) is 3.85. The SMILES string of the molecule is O=[N+]([O-])c1cc(N=Cc2cc(Cl)ccc2O)ccc1Cl. The van der Waals surface area contributed by atoms with Crippen molar-refractivity contribution in [2.45, 2.75) is 0 Å². The third kappa shape index (κ3) is 3.26. The number of nitro groups is 1. The minimum Gasteiger partial charge on any atom is -0.507 e. The van der Waals surface area contributed by atoms with Gasteiger partial charge in [-0.1, -0.05) is 23.2 Å². The van der Waals surface area contributed by atoms with Gasteiger partial charge in [0.25, 0.3) is 5.69 Å². The monoisotopic (exact) mass is 310 g/mol. The molecule has 7 heteroatoms. The zero-order valence-electron chi connectivity index (χ0n) is 9.96. The lowest BCUT2D eigenvalue weighted by Crippen LogP contribution is -1.88. The van der Waals surface area contributed by atoms with Gasteiger partial charge in [0.2, 0.25) is 0 Å². The molecule has 2 rings (SSSR count). The van der Waals surface area contributed by atoms with Crippen LogP contribution in [0.3, 0.4) is 0 Å². The smallest absolute Gasteiger partial charge is 0.290 e. The van der Waals surface area contributed by atoms with E-state index in [1.165, 1.54) is 36.5 Å².